The van der Waals surface area contributed by atoms with Gasteiger partial charge >= 0.3 is 0 Å². The lowest BCUT2D eigenvalue weighted by Gasteiger charge is -2.20. The molecule has 4 nitrogen and oxygen atoms in total. The molecular weight excluding hydrogens is 230 g/mol. The molecule has 18 heavy (non-hydrogen) atoms. The Kier molecular flexibility index (Phi) is 5.04. The van der Waals surface area contributed by atoms with E-state index >= 15 is 0 Å². The predicted octanol–water partition coefficient (Wildman–Crippen LogP) is 2.68. The third-order valence-electron chi connectivity index (χ3n) is 2.69. The van der Waals surface area contributed by atoms with E-state index in [1.165, 1.54) is 0 Å². The lowest BCUT2D eigenvalue weighted by molar-refractivity contribution is 0.364. The molecule has 0 bridgehead atoms. The van der Waals surface area contributed by atoms with E-state index in [0.717, 1.165) is 11.1 Å². The van der Waals surface area contributed by atoms with E-state index < -0.39 is 0 Å². The van der Waals surface area contributed by atoms with Crippen LogP contribution in [0.15, 0.2) is 24.3 Å². The molecule has 0 heterocycles. The summed E-state index contributed by atoms with van der Waals surface area (Å²) in [5, 5.41) is 0. The summed E-state index contributed by atoms with van der Waals surface area (Å²) < 4.78 is 15.9. The normalized spacial score (nSPS) is 11.8. The van der Waals surface area contributed by atoms with E-state index in [2.05, 4.69) is 6.58 Å². The molecule has 1 atom stereocenters. The summed E-state index contributed by atoms with van der Waals surface area (Å²) in [6, 6.07) is 3.39. The summed E-state index contributed by atoms with van der Waals surface area (Å²) in [7, 11) is 4.80. The topological polar surface area (TPSA) is 53.7 Å². The first-order valence-corrected chi connectivity index (χ1v) is 5.73. The van der Waals surface area contributed by atoms with Crippen LogP contribution < -0.4 is 19.9 Å². The molecule has 0 aromatic heterocycles. The maximum Gasteiger partial charge on any atom is 0.131 e. The Labute approximate surface area is 108 Å². The number of methoxy groups -OCH3 is 3. The van der Waals surface area contributed by atoms with Gasteiger partial charge in [0.05, 0.1) is 26.9 Å². The zero-order chi connectivity index (χ0) is 13.7. The van der Waals surface area contributed by atoms with Gasteiger partial charge < -0.3 is 19.9 Å². The largest absolute Gasteiger partial charge is 0.496 e. The van der Waals surface area contributed by atoms with Gasteiger partial charge in [0.15, 0.2) is 0 Å². The van der Waals surface area contributed by atoms with E-state index in [-0.39, 0.29) is 6.04 Å². The number of hydrogen-bond donors (Lipinski definition) is 1. The monoisotopic (exact) mass is 251 g/mol. The van der Waals surface area contributed by atoms with Crippen LogP contribution in [-0.4, -0.2) is 21.3 Å². The highest BCUT2D eigenvalue weighted by Crippen LogP contribution is 2.39. The highest BCUT2D eigenvalue weighted by Gasteiger charge is 2.19. The summed E-state index contributed by atoms with van der Waals surface area (Å²) in [5.74, 6) is 2.01. The van der Waals surface area contributed by atoms with Crippen molar-refractivity contribution in [3.05, 3.63) is 29.8 Å². The molecule has 1 aromatic carbocycles. The number of rotatable bonds is 6. The lowest BCUT2D eigenvalue weighted by atomic mass is 9.99. The van der Waals surface area contributed by atoms with E-state index in [9.17, 15) is 0 Å². The second kappa shape index (κ2) is 6.31. The molecular formula is C14H21NO3. The zero-order valence-corrected chi connectivity index (χ0v) is 11.4. The average Bonchev–Trinajstić information content (AvgIpc) is 2.35. The van der Waals surface area contributed by atoms with Crippen LogP contribution in [0.5, 0.6) is 17.2 Å². The Balaban J connectivity index is 3.25. The van der Waals surface area contributed by atoms with Crippen molar-refractivity contribution in [3.63, 3.8) is 0 Å². The Morgan fingerprint density at radius 2 is 1.67 bits per heavy atom. The summed E-state index contributed by atoms with van der Waals surface area (Å²) in [4.78, 5) is 0. The van der Waals surface area contributed by atoms with E-state index in [1.54, 1.807) is 33.5 Å². The van der Waals surface area contributed by atoms with Gasteiger partial charge in [-0.2, -0.15) is 0 Å². The third kappa shape index (κ3) is 3.17. The van der Waals surface area contributed by atoms with Crippen LogP contribution in [0.4, 0.5) is 0 Å². The Hall–Kier alpha value is -1.68. The van der Waals surface area contributed by atoms with Crippen molar-refractivity contribution in [2.24, 2.45) is 5.73 Å². The molecule has 1 rings (SSSR count). The molecule has 0 spiro atoms. The van der Waals surface area contributed by atoms with Crippen molar-refractivity contribution in [2.45, 2.75) is 19.4 Å². The zero-order valence-electron chi connectivity index (χ0n) is 11.4. The van der Waals surface area contributed by atoms with E-state index in [1.807, 2.05) is 6.92 Å². The fourth-order valence-electron chi connectivity index (χ4n) is 1.88. The minimum Gasteiger partial charge on any atom is -0.496 e. The minimum absolute atomic E-state index is 0.210. The average molecular weight is 251 g/mol. The Morgan fingerprint density at radius 1 is 1.17 bits per heavy atom. The molecule has 0 fully saturated rings. The summed E-state index contributed by atoms with van der Waals surface area (Å²) >= 11 is 0. The highest BCUT2D eigenvalue weighted by atomic mass is 16.5. The minimum atomic E-state index is -0.210. The second-order valence-corrected chi connectivity index (χ2v) is 4.21. The quantitative estimate of drug-likeness (QED) is 0.790. The number of hydrogen-bond acceptors (Lipinski definition) is 4. The summed E-state index contributed by atoms with van der Waals surface area (Å²) in [6.45, 7) is 5.83. The molecule has 0 saturated heterocycles. The van der Waals surface area contributed by atoms with Crippen LogP contribution in [-0.2, 0) is 0 Å². The molecule has 0 radical (unpaired) electrons. The van der Waals surface area contributed by atoms with Gasteiger partial charge in [0.25, 0.3) is 0 Å². The maximum absolute atomic E-state index is 6.18. The first-order chi connectivity index (χ1) is 8.53. The van der Waals surface area contributed by atoms with Gasteiger partial charge in [-0.3, -0.25) is 0 Å². The van der Waals surface area contributed by atoms with Crippen LogP contribution in [0.25, 0.3) is 0 Å². The van der Waals surface area contributed by atoms with Crippen molar-refractivity contribution in [3.8, 4) is 17.2 Å². The fraction of sp³-hybridized carbons (Fsp3) is 0.429. The van der Waals surface area contributed by atoms with E-state index in [0.29, 0.717) is 23.7 Å². The molecule has 1 aromatic rings. The maximum atomic E-state index is 6.18. The van der Waals surface area contributed by atoms with Gasteiger partial charge in [0.2, 0.25) is 0 Å². The second-order valence-electron chi connectivity index (χ2n) is 4.21. The first kappa shape index (κ1) is 14.4. The number of nitrogens with two attached hydrogens (primary N) is 1. The van der Waals surface area contributed by atoms with Crippen molar-refractivity contribution in [1.82, 2.24) is 0 Å². The Bertz CT molecular complexity index is 404. The molecule has 2 N–H and O–H groups in total. The third-order valence-corrected chi connectivity index (χ3v) is 2.69. The Morgan fingerprint density at radius 3 is 2.00 bits per heavy atom. The van der Waals surface area contributed by atoms with Gasteiger partial charge in [-0.15, -0.1) is 6.58 Å². The predicted molar refractivity (Wildman–Crippen MR) is 72.5 cm³/mol. The molecule has 0 unspecified atom stereocenters. The van der Waals surface area contributed by atoms with Crippen molar-refractivity contribution < 1.29 is 14.2 Å². The molecule has 0 saturated carbocycles. The molecule has 0 aliphatic heterocycles. The summed E-state index contributed by atoms with van der Waals surface area (Å²) in [5.41, 5.74) is 8.03. The highest BCUT2D eigenvalue weighted by molar-refractivity contribution is 5.52. The van der Waals surface area contributed by atoms with Crippen LogP contribution in [0, 0.1) is 0 Å². The van der Waals surface area contributed by atoms with Gasteiger partial charge in [0, 0.05) is 18.2 Å². The molecule has 0 aliphatic rings. The molecule has 0 amide bonds. The van der Waals surface area contributed by atoms with Crippen molar-refractivity contribution >= 4 is 0 Å². The molecule has 0 aliphatic carbocycles. The van der Waals surface area contributed by atoms with Gasteiger partial charge in [-0.05, 0) is 13.3 Å². The van der Waals surface area contributed by atoms with Crippen LogP contribution in [0.2, 0.25) is 0 Å². The van der Waals surface area contributed by atoms with Crippen molar-refractivity contribution in [1.29, 1.82) is 0 Å². The number of ether oxygens (including phenoxy) is 3. The van der Waals surface area contributed by atoms with Crippen LogP contribution >= 0.6 is 0 Å². The number of benzene rings is 1. The van der Waals surface area contributed by atoms with Gasteiger partial charge in [-0.25, -0.2) is 0 Å². The first-order valence-electron chi connectivity index (χ1n) is 5.73. The van der Waals surface area contributed by atoms with Crippen LogP contribution in [0.1, 0.15) is 24.9 Å². The lowest BCUT2D eigenvalue weighted by Crippen LogP contribution is -2.13. The summed E-state index contributed by atoms with van der Waals surface area (Å²) in [6.07, 6.45) is 0.680. The van der Waals surface area contributed by atoms with Crippen molar-refractivity contribution in [2.75, 3.05) is 21.3 Å². The SMILES string of the molecule is C=C(C)C[C@H](N)c1c(OC)cc(OC)cc1OC. The standard InChI is InChI=1S/C14H21NO3/c1-9(2)6-11(15)14-12(17-4)7-10(16-3)8-13(14)18-5/h7-8,11H,1,6,15H2,2-5H3/t11-/m0/s1. The molecule has 4 heteroatoms. The van der Waals surface area contributed by atoms with Crippen LogP contribution in [0.3, 0.4) is 0 Å². The van der Waals surface area contributed by atoms with E-state index in [4.69, 9.17) is 19.9 Å². The fourth-order valence-corrected chi connectivity index (χ4v) is 1.88. The smallest absolute Gasteiger partial charge is 0.131 e. The van der Waals surface area contributed by atoms with Gasteiger partial charge in [0.1, 0.15) is 17.2 Å². The molecule has 100 valence electrons. The van der Waals surface area contributed by atoms with Gasteiger partial charge in [-0.1, -0.05) is 5.57 Å².